The molecule has 0 spiro atoms. The SMILES string of the molecule is CC(C)c1cc(CCCC(=O)O)c(F)cc1F. The Kier molecular flexibility index (Phi) is 4.61. The largest absolute Gasteiger partial charge is 0.481 e. The maximum absolute atomic E-state index is 13.4. The molecule has 0 unspecified atom stereocenters. The fourth-order valence-corrected chi connectivity index (χ4v) is 1.68. The first kappa shape index (κ1) is 13.6. The smallest absolute Gasteiger partial charge is 0.303 e. The second-order valence-electron chi connectivity index (χ2n) is 4.37. The second-order valence-corrected chi connectivity index (χ2v) is 4.37. The second kappa shape index (κ2) is 5.75. The highest BCUT2D eigenvalue weighted by molar-refractivity contribution is 5.66. The van der Waals surface area contributed by atoms with Gasteiger partial charge in [-0.2, -0.15) is 0 Å². The Balaban J connectivity index is 2.84. The standard InChI is InChI=1S/C13H16F2O2/c1-8(2)10-6-9(4-3-5-13(16)17)11(14)7-12(10)15/h6-8H,3-5H2,1-2H3,(H,16,17). The fourth-order valence-electron chi connectivity index (χ4n) is 1.68. The van der Waals surface area contributed by atoms with Gasteiger partial charge in [-0.25, -0.2) is 8.78 Å². The van der Waals surface area contributed by atoms with E-state index in [1.165, 1.54) is 6.07 Å². The van der Waals surface area contributed by atoms with Crippen molar-refractivity contribution < 1.29 is 18.7 Å². The van der Waals surface area contributed by atoms with Gasteiger partial charge in [0, 0.05) is 12.5 Å². The van der Waals surface area contributed by atoms with Crippen molar-refractivity contribution in [3.8, 4) is 0 Å². The summed E-state index contributed by atoms with van der Waals surface area (Å²) in [4.78, 5) is 10.3. The topological polar surface area (TPSA) is 37.3 Å². The summed E-state index contributed by atoms with van der Waals surface area (Å²) in [5.41, 5.74) is 0.855. The highest BCUT2D eigenvalue weighted by Gasteiger charge is 2.12. The quantitative estimate of drug-likeness (QED) is 0.858. The molecule has 2 nitrogen and oxygen atoms in total. The van der Waals surface area contributed by atoms with Crippen LogP contribution in [0, 0.1) is 11.6 Å². The zero-order chi connectivity index (χ0) is 13.0. The lowest BCUT2D eigenvalue weighted by atomic mass is 9.97. The number of carboxylic acid groups (broad SMARTS) is 1. The highest BCUT2D eigenvalue weighted by atomic mass is 19.1. The third-order valence-electron chi connectivity index (χ3n) is 2.62. The zero-order valence-electron chi connectivity index (χ0n) is 9.96. The molecule has 0 amide bonds. The van der Waals surface area contributed by atoms with E-state index < -0.39 is 17.6 Å². The first-order valence-electron chi connectivity index (χ1n) is 5.61. The fraction of sp³-hybridized carbons (Fsp3) is 0.462. The Morgan fingerprint density at radius 2 is 1.94 bits per heavy atom. The normalized spacial score (nSPS) is 10.9. The van der Waals surface area contributed by atoms with E-state index in [2.05, 4.69) is 0 Å². The molecule has 1 rings (SSSR count). The summed E-state index contributed by atoms with van der Waals surface area (Å²) in [6.45, 7) is 3.66. The minimum atomic E-state index is -0.906. The van der Waals surface area contributed by atoms with Crippen molar-refractivity contribution in [1.29, 1.82) is 0 Å². The molecule has 17 heavy (non-hydrogen) atoms. The zero-order valence-corrected chi connectivity index (χ0v) is 9.96. The first-order valence-corrected chi connectivity index (χ1v) is 5.61. The molecule has 94 valence electrons. The van der Waals surface area contributed by atoms with Crippen LogP contribution in [0.2, 0.25) is 0 Å². The lowest BCUT2D eigenvalue weighted by Crippen LogP contribution is -2.01. The molecular formula is C13H16F2O2. The minimum Gasteiger partial charge on any atom is -0.481 e. The molecule has 0 aliphatic heterocycles. The molecule has 1 aromatic rings. The molecule has 0 aliphatic carbocycles. The summed E-state index contributed by atoms with van der Waals surface area (Å²) in [6.07, 6.45) is 0.668. The molecule has 0 fully saturated rings. The number of halogens is 2. The van der Waals surface area contributed by atoms with E-state index in [1.54, 1.807) is 0 Å². The van der Waals surface area contributed by atoms with Crippen molar-refractivity contribution in [3.05, 3.63) is 34.9 Å². The number of aliphatic carboxylic acids is 1. The summed E-state index contributed by atoms with van der Waals surface area (Å²) in [6, 6.07) is 2.38. The molecule has 0 saturated carbocycles. The average Bonchev–Trinajstić information content (AvgIpc) is 2.20. The number of hydrogen-bond acceptors (Lipinski definition) is 1. The van der Waals surface area contributed by atoms with Crippen LogP contribution in [-0.2, 0) is 11.2 Å². The Bertz CT molecular complexity index is 414. The molecule has 0 heterocycles. The monoisotopic (exact) mass is 242 g/mol. The van der Waals surface area contributed by atoms with Gasteiger partial charge in [0.1, 0.15) is 11.6 Å². The molecule has 0 bridgehead atoms. The summed E-state index contributed by atoms with van der Waals surface area (Å²) in [5.74, 6) is -2.07. The van der Waals surface area contributed by atoms with Crippen molar-refractivity contribution in [1.82, 2.24) is 0 Å². The molecule has 1 aromatic carbocycles. The van der Waals surface area contributed by atoms with Gasteiger partial charge in [0.2, 0.25) is 0 Å². The predicted molar refractivity (Wildman–Crippen MR) is 61.0 cm³/mol. The van der Waals surface area contributed by atoms with Gasteiger partial charge >= 0.3 is 5.97 Å². The van der Waals surface area contributed by atoms with Gasteiger partial charge in [0.25, 0.3) is 0 Å². The molecule has 1 N–H and O–H groups in total. The third-order valence-corrected chi connectivity index (χ3v) is 2.62. The van der Waals surface area contributed by atoms with Crippen LogP contribution in [0.1, 0.15) is 43.7 Å². The van der Waals surface area contributed by atoms with Crippen molar-refractivity contribution in [2.24, 2.45) is 0 Å². The minimum absolute atomic E-state index is 0.00612. The number of benzene rings is 1. The Morgan fingerprint density at radius 1 is 1.29 bits per heavy atom. The van der Waals surface area contributed by atoms with E-state index in [4.69, 9.17) is 5.11 Å². The number of aryl methyl sites for hydroxylation is 1. The van der Waals surface area contributed by atoms with Crippen LogP contribution in [0.4, 0.5) is 8.78 Å². The number of carbonyl (C=O) groups is 1. The van der Waals surface area contributed by atoms with Crippen molar-refractivity contribution in [3.63, 3.8) is 0 Å². The van der Waals surface area contributed by atoms with Gasteiger partial charge in [-0.1, -0.05) is 13.8 Å². The van der Waals surface area contributed by atoms with Crippen LogP contribution in [-0.4, -0.2) is 11.1 Å². The van der Waals surface area contributed by atoms with Crippen molar-refractivity contribution >= 4 is 5.97 Å². The molecule has 0 aliphatic rings. The molecule has 4 heteroatoms. The number of hydrogen-bond donors (Lipinski definition) is 1. The summed E-state index contributed by atoms with van der Waals surface area (Å²) in [7, 11) is 0. The maximum atomic E-state index is 13.4. The lowest BCUT2D eigenvalue weighted by Gasteiger charge is -2.10. The number of carboxylic acids is 1. The Labute approximate surface area is 99.3 Å². The van der Waals surface area contributed by atoms with E-state index in [1.807, 2.05) is 13.8 Å². The summed E-state index contributed by atoms with van der Waals surface area (Å²) in [5, 5.41) is 8.49. The van der Waals surface area contributed by atoms with Crippen LogP contribution in [0.15, 0.2) is 12.1 Å². The van der Waals surface area contributed by atoms with Gasteiger partial charge in [0.15, 0.2) is 0 Å². The molecular weight excluding hydrogens is 226 g/mol. The van der Waals surface area contributed by atoms with E-state index in [0.717, 1.165) is 6.07 Å². The van der Waals surface area contributed by atoms with Gasteiger partial charge in [-0.05, 0) is 36.0 Å². The van der Waals surface area contributed by atoms with Gasteiger partial charge < -0.3 is 5.11 Å². The van der Waals surface area contributed by atoms with Gasteiger partial charge in [0.05, 0.1) is 0 Å². The average molecular weight is 242 g/mol. The Morgan fingerprint density at radius 3 is 2.47 bits per heavy atom. The van der Waals surface area contributed by atoms with E-state index >= 15 is 0 Å². The maximum Gasteiger partial charge on any atom is 0.303 e. The third kappa shape index (κ3) is 3.80. The summed E-state index contributed by atoms with van der Waals surface area (Å²) < 4.78 is 26.8. The van der Waals surface area contributed by atoms with Crippen LogP contribution in [0.25, 0.3) is 0 Å². The van der Waals surface area contributed by atoms with Gasteiger partial charge in [-0.15, -0.1) is 0 Å². The van der Waals surface area contributed by atoms with Crippen LogP contribution >= 0.6 is 0 Å². The number of rotatable bonds is 5. The van der Waals surface area contributed by atoms with Crippen LogP contribution in [0.5, 0.6) is 0 Å². The molecule has 0 aromatic heterocycles. The van der Waals surface area contributed by atoms with Crippen LogP contribution < -0.4 is 0 Å². The molecule has 0 radical (unpaired) electrons. The predicted octanol–water partition coefficient (Wildman–Crippen LogP) is 3.50. The molecule has 0 atom stereocenters. The Hall–Kier alpha value is -1.45. The molecule has 0 saturated heterocycles. The van der Waals surface area contributed by atoms with Crippen molar-refractivity contribution in [2.75, 3.05) is 0 Å². The van der Waals surface area contributed by atoms with E-state index in [0.29, 0.717) is 24.0 Å². The van der Waals surface area contributed by atoms with Gasteiger partial charge in [-0.3, -0.25) is 4.79 Å². The van der Waals surface area contributed by atoms with Crippen molar-refractivity contribution in [2.45, 2.75) is 39.0 Å². The highest BCUT2D eigenvalue weighted by Crippen LogP contribution is 2.23. The lowest BCUT2D eigenvalue weighted by molar-refractivity contribution is -0.137. The first-order chi connectivity index (χ1) is 7.91. The van der Waals surface area contributed by atoms with E-state index in [-0.39, 0.29) is 12.3 Å². The van der Waals surface area contributed by atoms with E-state index in [9.17, 15) is 13.6 Å². The summed E-state index contributed by atoms with van der Waals surface area (Å²) >= 11 is 0. The van der Waals surface area contributed by atoms with Crippen LogP contribution in [0.3, 0.4) is 0 Å².